The normalized spacial score (nSPS) is 40.5. The lowest BCUT2D eigenvalue weighted by Crippen LogP contribution is -2.09. The summed E-state index contributed by atoms with van der Waals surface area (Å²) < 4.78 is 0. The molecule has 0 saturated heterocycles. The molecule has 2 bridgehead atoms. The Kier molecular flexibility index (Phi) is 1.49. The second-order valence-electron chi connectivity index (χ2n) is 3.53. The molecule has 0 radical (unpaired) electrons. The Morgan fingerprint density at radius 2 is 2.27 bits per heavy atom. The van der Waals surface area contributed by atoms with Crippen molar-refractivity contribution in [2.75, 3.05) is 0 Å². The molecule has 0 spiro atoms. The first-order valence-electron chi connectivity index (χ1n) is 4.28. The van der Waals surface area contributed by atoms with E-state index in [0.717, 1.165) is 12.8 Å². The number of hydrogen-bond donors (Lipinski definition) is 0. The lowest BCUT2D eigenvalue weighted by Gasteiger charge is -2.04. The van der Waals surface area contributed by atoms with Crippen molar-refractivity contribution in [3.8, 4) is 11.8 Å². The first kappa shape index (κ1) is 6.91. The minimum Gasteiger partial charge on any atom is -0.299 e. The maximum atomic E-state index is 11.3. The fourth-order valence-corrected chi connectivity index (χ4v) is 2.47. The van der Waals surface area contributed by atoms with E-state index >= 15 is 0 Å². The molecule has 0 aliphatic heterocycles. The van der Waals surface area contributed by atoms with Gasteiger partial charge in [-0.05, 0) is 25.7 Å². The van der Waals surface area contributed by atoms with Gasteiger partial charge < -0.3 is 0 Å². The number of hydrogen-bond acceptors (Lipinski definition) is 1. The Hall–Kier alpha value is -0.770. The van der Waals surface area contributed by atoms with Crippen LogP contribution < -0.4 is 0 Å². The Morgan fingerprint density at radius 1 is 1.45 bits per heavy atom. The van der Waals surface area contributed by atoms with Gasteiger partial charge in [-0.25, -0.2) is 0 Å². The molecule has 0 heterocycles. The third-order valence-electron chi connectivity index (χ3n) is 2.98. The molecule has 2 fully saturated rings. The van der Waals surface area contributed by atoms with Gasteiger partial charge in [0.05, 0.1) is 0 Å². The summed E-state index contributed by atoms with van der Waals surface area (Å²) >= 11 is 0. The van der Waals surface area contributed by atoms with Gasteiger partial charge in [-0.3, -0.25) is 4.79 Å². The molecule has 3 unspecified atom stereocenters. The molecule has 2 aliphatic carbocycles. The molecule has 2 aliphatic rings. The highest BCUT2D eigenvalue weighted by atomic mass is 16.1. The van der Waals surface area contributed by atoms with E-state index in [1.54, 1.807) is 0 Å². The molecule has 3 atom stereocenters. The first-order valence-corrected chi connectivity index (χ1v) is 4.28. The lowest BCUT2D eigenvalue weighted by molar-refractivity contribution is -0.121. The van der Waals surface area contributed by atoms with E-state index in [1.807, 2.05) is 6.92 Å². The van der Waals surface area contributed by atoms with Crippen LogP contribution in [0, 0.1) is 29.6 Å². The van der Waals surface area contributed by atoms with E-state index in [9.17, 15) is 4.79 Å². The van der Waals surface area contributed by atoms with Crippen molar-refractivity contribution in [3.05, 3.63) is 0 Å². The summed E-state index contributed by atoms with van der Waals surface area (Å²) in [6.07, 6.45) is 3.14. The molecule has 0 aromatic carbocycles. The van der Waals surface area contributed by atoms with Crippen molar-refractivity contribution >= 4 is 5.78 Å². The Bertz CT molecular complexity index is 243. The van der Waals surface area contributed by atoms with E-state index in [-0.39, 0.29) is 0 Å². The SMILES string of the molecule is CC#CC1C2CCC1C(=O)C2. The molecule has 0 N–H and O–H groups in total. The van der Waals surface area contributed by atoms with E-state index in [0.29, 0.717) is 23.5 Å². The number of fused-ring (bicyclic) bond motifs is 2. The summed E-state index contributed by atoms with van der Waals surface area (Å²) in [6, 6.07) is 0. The fourth-order valence-electron chi connectivity index (χ4n) is 2.47. The van der Waals surface area contributed by atoms with Gasteiger partial charge in [0.1, 0.15) is 5.78 Å². The maximum absolute atomic E-state index is 11.3. The molecular weight excluding hydrogens is 136 g/mol. The molecule has 1 nitrogen and oxygen atoms in total. The summed E-state index contributed by atoms with van der Waals surface area (Å²) in [4.78, 5) is 11.3. The minimum absolute atomic E-state index is 0.312. The van der Waals surface area contributed by atoms with Crippen molar-refractivity contribution < 1.29 is 4.79 Å². The smallest absolute Gasteiger partial charge is 0.137 e. The van der Waals surface area contributed by atoms with E-state index in [1.165, 1.54) is 6.42 Å². The lowest BCUT2D eigenvalue weighted by atomic mass is 9.98. The third kappa shape index (κ3) is 0.894. The number of rotatable bonds is 0. The number of ketones is 1. The van der Waals surface area contributed by atoms with Gasteiger partial charge in [0, 0.05) is 18.3 Å². The van der Waals surface area contributed by atoms with Crippen LogP contribution in [0.5, 0.6) is 0 Å². The zero-order valence-corrected chi connectivity index (χ0v) is 6.76. The first-order chi connectivity index (χ1) is 5.33. The van der Waals surface area contributed by atoms with Crippen molar-refractivity contribution in [3.63, 3.8) is 0 Å². The topological polar surface area (TPSA) is 17.1 Å². The highest BCUT2D eigenvalue weighted by Crippen LogP contribution is 2.46. The van der Waals surface area contributed by atoms with Gasteiger partial charge in [0.15, 0.2) is 0 Å². The van der Waals surface area contributed by atoms with Gasteiger partial charge in [-0.2, -0.15) is 0 Å². The summed E-state index contributed by atoms with van der Waals surface area (Å²) in [6.45, 7) is 1.86. The third-order valence-corrected chi connectivity index (χ3v) is 2.98. The van der Waals surface area contributed by atoms with Crippen LogP contribution in [-0.4, -0.2) is 5.78 Å². The predicted molar refractivity (Wildman–Crippen MR) is 42.8 cm³/mol. The van der Waals surface area contributed by atoms with E-state index in [2.05, 4.69) is 11.8 Å². The molecule has 2 saturated carbocycles. The molecule has 11 heavy (non-hydrogen) atoms. The molecule has 58 valence electrons. The average molecular weight is 148 g/mol. The highest BCUT2D eigenvalue weighted by Gasteiger charge is 2.46. The van der Waals surface area contributed by atoms with Gasteiger partial charge >= 0.3 is 0 Å². The largest absolute Gasteiger partial charge is 0.299 e. The van der Waals surface area contributed by atoms with Crippen LogP contribution in [-0.2, 0) is 4.79 Å². The number of carbonyl (C=O) groups excluding carboxylic acids is 1. The minimum atomic E-state index is 0.312. The van der Waals surface area contributed by atoms with Gasteiger partial charge in [0.25, 0.3) is 0 Å². The predicted octanol–water partition coefficient (Wildman–Crippen LogP) is 1.62. The van der Waals surface area contributed by atoms with Crippen molar-refractivity contribution in [2.24, 2.45) is 17.8 Å². The van der Waals surface area contributed by atoms with Crippen LogP contribution >= 0.6 is 0 Å². The van der Waals surface area contributed by atoms with Crippen molar-refractivity contribution in [2.45, 2.75) is 26.2 Å². The molecule has 1 heteroatoms. The van der Waals surface area contributed by atoms with Crippen molar-refractivity contribution in [1.29, 1.82) is 0 Å². The Labute approximate surface area is 67.2 Å². The van der Waals surface area contributed by atoms with E-state index < -0.39 is 0 Å². The average Bonchev–Trinajstić information content (AvgIpc) is 2.46. The number of Topliss-reactive ketones (excluding diaryl/α,β-unsaturated/α-hetero) is 1. The van der Waals surface area contributed by atoms with E-state index in [4.69, 9.17) is 0 Å². The van der Waals surface area contributed by atoms with Gasteiger partial charge in [-0.1, -0.05) is 5.92 Å². The summed E-state index contributed by atoms with van der Waals surface area (Å²) in [5.74, 6) is 7.91. The van der Waals surface area contributed by atoms with Crippen LogP contribution in [0.25, 0.3) is 0 Å². The zero-order chi connectivity index (χ0) is 7.84. The second kappa shape index (κ2) is 2.37. The molecule has 0 amide bonds. The number of carbonyl (C=O) groups is 1. The zero-order valence-electron chi connectivity index (χ0n) is 6.76. The van der Waals surface area contributed by atoms with Crippen LogP contribution in [0.4, 0.5) is 0 Å². The molecule has 0 aromatic rings. The molecule has 2 rings (SSSR count). The highest BCUT2D eigenvalue weighted by molar-refractivity contribution is 5.85. The molecule has 0 aromatic heterocycles. The van der Waals surface area contributed by atoms with Gasteiger partial charge in [0.2, 0.25) is 0 Å². The summed E-state index contributed by atoms with van der Waals surface area (Å²) in [5, 5.41) is 0. The maximum Gasteiger partial charge on any atom is 0.137 e. The van der Waals surface area contributed by atoms with Gasteiger partial charge in [-0.15, -0.1) is 5.92 Å². The quantitative estimate of drug-likeness (QED) is 0.477. The molecular formula is C10H12O. The van der Waals surface area contributed by atoms with Crippen LogP contribution in [0.15, 0.2) is 0 Å². The fraction of sp³-hybridized carbons (Fsp3) is 0.700. The Balaban J connectivity index is 2.23. The van der Waals surface area contributed by atoms with Crippen LogP contribution in [0.2, 0.25) is 0 Å². The monoisotopic (exact) mass is 148 g/mol. The van der Waals surface area contributed by atoms with Crippen LogP contribution in [0.1, 0.15) is 26.2 Å². The summed E-state index contributed by atoms with van der Waals surface area (Å²) in [7, 11) is 0. The Morgan fingerprint density at radius 3 is 2.73 bits per heavy atom. The standard InChI is InChI=1S/C10H12O/c1-2-3-8-7-4-5-9(8)10(11)6-7/h7-9H,4-6H2,1H3. The summed E-state index contributed by atoms with van der Waals surface area (Å²) in [5.41, 5.74) is 0. The van der Waals surface area contributed by atoms with Crippen molar-refractivity contribution in [1.82, 2.24) is 0 Å². The second-order valence-corrected chi connectivity index (χ2v) is 3.53. The van der Waals surface area contributed by atoms with Crippen LogP contribution in [0.3, 0.4) is 0 Å².